The molecule has 68 heavy (non-hydrogen) atoms. The minimum absolute atomic E-state index is 0.290. The van der Waals surface area contributed by atoms with Crippen LogP contribution < -0.4 is 10.6 Å². The number of aromatic nitrogens is 2. The molecule has 3 heterocycles. The van der Waals surface area contributed by atoms with Crippen LogP contribution in [0.2, 0.25) is 0 Å². The number of fused-ring (bicyclic) bond motifs is 7. The Morgan fingerprint density at radius 3 is 1.32 bits per heavy atom. The van der Waals surface area contributed by atoms with Gasteiger partial charge in [0.05, 0.1) is 27.8 Å². The van der Waals surface area contributed by atoms with Gasteiger partial charge >= 0.3 is 0 Å². The summed E-state index contributed by atoms with van der Waals surface area (Å²) in [6.07, 6.45) is -0.675. The first kappa shape index (κ1) is 39.6. The lowest BCUT2D eigenvalue weighted by molar-refractivity contribution is 0.403. The van der Waals surface area contributed by atoms with E-state index in [0.717, 1.165) is 89.0 Å². The molecule has 0 bridgehead atoms. The van der Waals surface area contributed by atoms with Crippen molar-refractivity contribution in [3.05, 3.63) is 260 Å². The second-order valence-electron chi connectivity index (χ2n) is 17.6. The Morgan fingerprint density at radius 2 is 0.765 bits per heavy atom. The third-order valence-electron chi connectivity index (χ3n) is 13.6. The number of hydrogen-bond acceptors (Lipinski definition) is 3. The van der Waals surface area contributed by atoms with E-state index in [2.05, 4.69) is 268 Å². The summed E-state index contributed by atoms with van der Waals surface area (Å²) in [6.45, 7) is 0. The van der Waals surface area contributed by atoms with Gasteiger partial charge in [-0.2, -0.15) is 0 Å². The molecule has 0 saturated heterocycles. The molecule has 10 aromatic carbocycles. The molecular weight excluding hydrogens is 827 g/mol. The summed E-state index contributed by atoms with van der Waals surface area (Å²) in [6, 6.07) is 89.6. The summed E-state index contributed by atoms with van der Waals surface area (Å²) in [5, 5.41) is 12.6. The maximum Gasteiger partial charge on any atom is 0.206 e. The van der Waals surface area contributed by atoms with Gasteiger partial charge in [-0.15, -0.1) is 0 Å². The van der Waals surface area contributed by atoms with Crippen molar-refractivity contribution in [1.82, 2.24) is 19.8 Å². The quantitative estimate of drug-likeness (QED) is 0.168. The van der Waals surface area contributed by atoms with Gasteiger partial charge < -0.3 is 9.88 Å². The van der Waals surface area contributed by atoms with E-state index in [1.54, 1.807) is 0 Å². The molecule has 1 aliphatic rings. The molecule has 2 N–H and O–H groups in total. The summed E-state index contributed by atoms with van der Waals surface area (Å²) in [4.78, 5) is 5.73. The highest BCUT2D eigenvalue weighted by Gasteiger charge is 2.30. The lowest BCUT2D eigenvalue weighted by Gasteiger charge is -2.33. The molecule has 2 aromatic heterocycles. The smallest absolute Gasteiger partial charge is 0.206 e. The Labute approximate surface area is 394 Å². The Morgan fingerprint density at radius 1 is 0.338 bits per heavy atom. The zero-order chi connectivity index (χ0) is 45.0. The van der Waals surface area contributed by atoms with Gasteiger partial charge in [-0.25, -0.2) is 4.99 Å². The summed E-state index contributed by atoms with van der Waals surface area (Å²) < 4.78 is 4.94. The summed E-state index contributed by atoms with van der Waals surface area (Å²) in [5.74, 6) is 0.768. The van der Waals surface area contributed by atoms with Crippen LogP contribution in [0.15, 0.2) is 254 Å². The second-order valence-corrected chi connectivity index (χ2v) is 17.6. The van der Waals surface area contributed by atoms with Crippen molar-refractivity contribution in [3.63, 3.8) is 0 Å². The standard InChI is InChI=1S/C63H45N5/c1-5-20-42(21-6-1)46-28-17-30-48(40-46)61-64-62(49-31-18-29-47(41-49)43-22-7-2-8-23-43)66-63(65-61)68-57-37-16-14-33-53(57)55-39-38-54-52-32-13-15-36-56(52)67(59(54)60(55)68)58-50(44-24-9-3-10-25-44)34-19-35-51(58)45-26-11-4-12-27-45/h1-41,61-62,64H,(H,65,66). The topological polar surface area (TPSA) is 46.3 Å². The van der Waals surface area contributed by atoms with Crippen LogP contribution >= 0.6 is 0 Å². The molecular formula is C63H45N5. The number of para-hydroxylation sites is 3. The number of benzene rings is 10. The first-order valence-corrected chi connectivity index (χ1v) is 23.4. The van der Waals surface area contributed by atoms with Gasteiger partial charge in [0.2, 0.25) is 5.96 Å². The SMILES string of the molecule is c1ccc(-c2cccc(C3N=C(n4c5ccccc5c5ccc6c7ccccc7n(-c7c(-c8ccccc8)cccc7-c7ccccc7)c6c54)NC(c4cccc(-c5ccccc5)c4)N3)c2)cc1. The first-order chi connectivity index (χ1) is 33.7. The van der Waals surface area contributed by atoms with Crippen LogP contribution in [0.3, 0.4) is 0 Å². The van der Waals surface area contributed by atoms with E-state index in [1.165, 1.54) is 21.9 Å². The van der Waals surface area contributed by atoms with Crippen molar-refractivity contribution in [2.45, 2.75) is 12.3 Å². The highest BCUT2D eigenvalue weighted by molar-refractivity contribution is 6.26. The highest BCUT2D eigenvalue weighted by atomic mass is 15.4. The molecule has 0 aliphatic carbocycles. The fourth-order valence-electron chi connectivity index (χ4n) is 10.5. The normalized spacial score (nSPS) is 14.9. The molecule has 5 nitrogen and oxygen atoms in total. The third kappa shape index (κ3) is 6.71. The molecule has 322 valence electrons. The van der Waals surface area contributed by atoms with Gasteiger partial charge in [0, 0.05) is 32.7 Å². The average molecular weight is 872 g/mol. The lowest BCUT2D eigenvalue weighted by Crippen LogP contribution is -2.47. The molecule has 0 spiro atoms. The van der Waals surface area contributed by atoms with Crippen LogP contribution in [-0.2, 0) is 0 Å². The Hall–Kier alpha value is -8.77. The van der Waals surface area contributed by atoms with Crippen LogP contribution in [0.1, 0.15) is 23.5 Å². The first-order valence-electron chi connectivity index (χ1n) is 23.4. The predicted molar refractivity (Wildman–Crippen MR) is 283 cm³/mol. The van der Waals surface area contributed by atoms with E-state index in [1.807, 2.05) is 0 Å². The van der Waals surface area contributed by atoms with Crippen molar-refractivity contribution in [3.8, 4) is 50.2 Å². The molecule has 5 heteroatoms. The molecule has 0 amide bonds. The van der Waals surface area contributed by atoms with Gasteiger partial charge in [-0.1, -0.05) is 224 Å². The van der Waals surface area contributed by atoms with E-state index in [0.29, 0.717) is 0 Å². The largest absolute Gasteiger partial charge is 0.336 e. The molecule has 13 rings (SSSR count). The van der Waals surface area contributed by atoms with Gasteiger partial charge in [0.25, 0.3) is 0 Å². The maximum atomic E-state index is 5.73. The van der Waals surface area contributed by atoms with Gasteiger partial charge in [0.1, 0.15) is 12.3 Å². The summed E-state index contributed by atoms with van der Waals surface area (Å²) >= 11 is 0. The average Bonchev–Trinajstić information content (AvgIpc) is 3.95. The summed E-state index contributed by atoms with van der Waals surface area (Å²) in [5.41, 5.74) is 17.0. The van der Waals surface area contributed by atoms with Crippen molar-refractivity contribution < 1.29 is 0 Å². The lowest BCUT2D eigenvalue weighted by atomic mass is 9.95. The highest BCUT2D eigenvalue weighted by Crippen LogP contribution is 2.45. The van der Waals surface area contributed by atoms with Crippen LogP contribution in [-0.4, -0.2) is 15.1 Å². The van der Waals surface area contributed by atoms with Crippen molar-refractivity contribution >= 4 is 49.6 Å². The van der Waals surface area contributed by atoms with Gasteiger partial charge in [-0.3, -0.25) is 9.88 Å². The second kappa shape index (κ2) is 16.6. The molecule has 0 saturated carbocycles. The number of aliphatic imine (C=N–C) groups is 1. The Bertz CT molecular complexity index is 3790. The number of nitrogens with zero attached hydrogens (tertiary/aromatic N) is 3. The molecule has 2 atom stereocenters. The Kier molecular flexibility index (Phi) is 9.66. The van der Waals surface area contributed by atoms with E-state index in [4.69, 9.17) is 4.99 Å². The number of nitrogens with one attached hydrogen (secondary N) is 2. The van der Waals surface area contributed by atoms with Crippen LogP contribution in [0.4, 0.5) is 0 Å². The zero-order valence-corrected chi connectivity index (χ0v) is 37.2. The van der Waals surface area contributed by atoms with Crippen LogP contribution in [0.25, 0.3) is 93.8 Å². The maximum absolute atomic E-state index is 5.73. The van der Waals surface area contributed by atoms with E-state index in [-0.39, 0.29) is 12.3 Å². The molecule has 2 unspecified atom stereocenters. The van der Waals surface area contributed by atoms with Crippen molar-refractivity contribution in [2.24, 2.45) is 4.99 Å². The number of hydrogen-bond donors (Lipinski definition) is 2. The minimum Gasteiger partial charge on any atom is -0.336 e. The van der Waals surface area contributed by atoms with Crippen molar-refractivity contribution in [2.75, 3.05) is 0 Å². The van der Waals surface area contributed by atoms with Gasteiger partial charge in [0.15, 0.2) is 0 Å². The van der Waals surface area contributed by atoms with E-state index in [9.17, 15) is 0 Å². The predicted octanol–water partition coefficient (Wildman–Crippen LogP) is 15.4. The fraction of sp³-hybridized carbons (Fsp3) is 0.0317. The number of rotatable bonds is 7. The summed E-state index contributed by atoms with van der Waals surface area (Å²) in [7, 11) is 0. The van der Waals surface area contributed by atoms with E-state index >= 15 is 0 Å². The molecule has 1 aliphatic heterocycles. The fourth-order valence-corrected chi connectivity index (χ4v) is 10.5. The van der Waals surface area contributed by atoms with Crippen LogP contribution in [0, 0.1) is 0 Å². The Balaban J connectivity index is 1.11. The zero-order valence-electron chi connectivity index (χ0n) is 37.2. The minimum atomic E-state index is -0.384. The van der Waals surface area contributed by atoms with Crippen molar-refractivity contribution in [1.29, 1.82) is 0 Å². The monoisotopic (exact) mass is 871 g/mol. The molecule has 12 aromatic rings. The van der Waals surface area contributed by atoms with E-state index < -0.39 is 0 Å². The molecule has 0 radical (unpaired) electrons. The molecule has 0 fully saturated rings. The van der Waals surface area contributed by atoms with Crippen LogP contribution in [0.5, 0.6) is 0 Å². The van der Waals surface area contributed by atoms with Gasteiger partial charge in [-0.05, 0) is 68.8 Å². The third-order valence-corrected chi connectivity index (χ3v) is 13.6.